The Kier molecular flexibility index (Phi) is 4.77. The van der Waals surface area contributed by atoms with Crippen LogP contribution in [0.5, 0.6) is 11.5 Å². The summed E-state index contributed by atoms with van der Waals surface area (Å²) in [6.07, 6.45) is -8.61. The first-order chi connectivity index (χ1) is 11.1. The Hall–Kier alpha value is -2.64. The van der Waals surface area contributed by atoms with Crippen LogP contribution in [0.4, 0.5) is 26.3 Å². The van der Waals surface area contributed by atoms with Gasteiger partial charge < -0.3 is 9.47 Å². The Morgan fingerprint density at radius 1 is 0.833 bits per heavy atom. The Bertz CT molecular complexity index is 734. The SMILES string of the molecule is C=Cc1cc(OC(F)(F)F)cc(-c2ccccc2OC(F)(F)F)c1. The molecule has 2 aromatic carbocycles. The first-order valence-electron chi connectivity index (χ1n) is 6.46. The third-order valence-electron chi connectivity index (χ3n) is 2.82. The lowest BCUT2D eigenvalue weighted by Crippen LogP contribution is -2.18. The molecule has 0 spiro atoms. The maximum Gasteiger partial charge on any atom is 0.573 e. The summed E-state index contributed by atoms with van der Waals surface area (Å²) in [6, 6.07) is 8.51. The van der Waals surface area contributed by atoms with Gasteiger partial charge >= 0.3 is 12.7 Å². The molecule has 0 atom stereocenters. The smallest absolute Gasteiger partial charge is 0.406 e. The molecule has 8 heteroatoms. The molecule has 0 fully saturated rings. The molecule has 0 saturated carbocycles. The molecule has 0 amide bonds. The van der Waals surface area contributed by atoms with E-state index in [2.05, 4.69) is 16.1 Å². The van der Waals surface area contributed by atoms with Crippen LogP contribution in [-0.4, -0.2) is 12.7 Å². The summed E-state index contributed by atoms with van der Waals surface area (Å²) in [5.41, 5.74) is 0.269. The van der Waals surface area contributed by atoms with Crippen molar-refractivity contribution in [3.63, 3.8) is 0 Å². The van der Waals surface area contributed by atoms with Crippen LogP contribution in [0.2, 0.25) is 0 Å². The standard InChI is InChI=1S/C16H10F6O2/c1-2-10-7-11(9-12(8-10)23-15(17,18)19)13-5-3-4-6-14(13)24-16(20,21)22/h2-9H,1H2. The van der Waals surface area contributed by atoms with Crippen molar-refractivity contribution >= 4 is 6.08 Å². The second kappa shape index (κ2) is 6.46. The van der Waals surface area contributed by atoms with E-state index < -0.39 is 24.2 Å². The third kappa shape index (κ3) is 4.94. The number of para-hydroxylation sites is 1. The van der Waals surface area contributed by atoms with Crippen molar-refractivity contribution in [3.8, 4) is 22.6 Å². The number of hydrogen-bond acceptors (Lipinski definition) is 2. The zero-order chi connectivity index (χ0) is 18.0. The molecule has 2 nitrogen and oxygen atoms in total. The molecule has 24 heavy (non-hydrogen) atoms. The number of ether oxygens (including phenoxy) is 2. The normalized spacial score (nSPS) is 11.9. The summed E-state index contributed by atoms with van der Waals surface area (Å²) in [6.45, 7) is 3.44. The maximum atomic E-state index is 12.5. The summed E-state index contributed by atoms with van der Waals surface area (Å²) in [5, 5.41) is 0. The molecule has 0 radical (unpaired) electrons. The van der Waals surface area contributed by atoms with Crippen LogP contribution < -0.4 is 9.47 Å². The topological polar surface area (TPSA) is 18.5 Å². The highest BCUT2D eigenvalue weighted by Crippen LogP contribution is 2.37. The van der Waals surface area contributed by atoms with Gasteiger partial charge in [-0.3, -0.25) is 0 Å². The predicted octanol–water partition coefficient (Wildman–Crippen LogP) is 5.79. The van der Waals surface area contributed by atoms with Crippen molar-refractivity contribution < 1.29 is 35.8 Å². The van der Waals surface area contributed by atoms with Gasteiger partial charge in [0.1, 0.15) is 11.5 Å². The lowest BCUT2D eigenvalue weighted by atomic mass is 10.0. The van der Waals surface area contributed by atoms with Crippen molar-refractivity contribution in [3.05, 3.63) is 54.6 Å². The molecule has 0 saturated heterocycles. The summed E-state index contributed by atoms with van der Waals surface area (Å²) in [7, 11) is 0. The van der Waals surface area contributed by atoms with Crippen LogP contribution in [0.3, 0.4) is 0 Å². The van der Waals surface area contributed by atoms with E-state index in [1.807, 2.05) is 0 Å². The van der Waals surface area contributed by atoms with Crippen molar-refractivity contribution in [1.82, 2.24) is 0 Å². The van der Waals surface area contributed by atoms with E-state index in [1.165, 1.54) is 30.3 Å². The fourth-order valence-corrected chi connectivity index (χ4v) is 2.01. The molecule has 0 heterocycles. The average molecular weight is 348 g/mol. The van der Waals surface area contributed by atoms with Gasteiger partial charge in [-0.2, -0.15) is 0 Å². The van der Waals surface area contributed by atoms with Crippen LogP contribution in [0, 0.1) is 0 Å². The van der Waals surface area contributed by atoms with E-state index in [1.54, 1.807) is 0 Å². The van der Waals surface area contributed by atoms with Gasteiger partial charge in [-0.25, -0.2) is 0 Å². The third-order valence-corrected chi connectivity index (χ3v) is 2.82. The molecule has 128 valence electrons. The predicted molar refractivity (Wildman–Crippen MR) is 75.3 cm³/mol. The average Bonchev–Trinajstić information content (AvgIpc) is 2.44. The zero-order valence-electron chi connectivity index (χ0n) is 11.9. The van der Waals surface area contributed by atoms with E-state index >= 15 is 0 Å². The highest BCUT2D eigenvalue weighted by atomic mass is 19.4. The fraction of sp³-hybridized carbons (Fsp3) is 0.125. The number of halogens is 6. The minimum atomic E-state index is -4.93. The molecule has 0 aliphatic heterocycles. The van der Waals surface area contributed by atoms with E-state index in [4.69, 9.17) is 0 Å². The van der Waals surface area contributed by atoms with Crippen LogP contribution in [0.1, 0.15) is 5.56 Å². The van der Waals surface area contributed by atoms with Crippen molar-refractivity contribution in [2.45, 2.75) is 12.7 Å². The first kappa shape index (κ1) is 17.7. The van der Waals surface area contributed by atoms with Crippen LogP contribution in [0.25, 0.3) is 17.2 Å². The van der Waals surface area contributed by atoms with Gasteiger partial charge in [-0.05, 0) is 35.4 Å². The van der Waals surface area contributed by atoms with E-state index in [0.717, 1.165) is 18.2 Å². The molecular formula is C16H10F6O2. The second-order valence-electron chi connectivity index (χ2n) is 4.59. The van der Waals surface area contributed by atoms with Gasteiger partial charge in [0.2, 0.25) is 0 Å². The van der Waals surface area contributed by atoms with Crippen molar-refractivity contribution in [2.75, 3.05) is 0 Å². The maximum absolute atomic E-state index is 12.5. The van der Waals surface area contributed by atoms with Crippen LogP contribution in [-0.2, 0) is 0 Å². The zero-order valence-corrected chi connectivity index (χ0v) is 11.9. The van der Waals surface area contributed by atoms with Gasteiger partial charge in [0.05, 0.1) is 0 Å². The quantitative estimate of drug-likeness (QED) is 0.651. The Labute approximate surface area is 132 Å². The first-order valence-corrected chi connectivity index (χ1v) is 6.46. The molecule has 0 unspecified atom stereocenters. The summed E-state index contributed by atoms with van der Waals surface area (Å²) >= 11 is 0. The van der Waals surface area contributed by atoms with Crippen molar-refractivity contribution in [1.29, 1.82) is 0 Å². The Balaban J connectivity index is 2.52. The summed E-state index contributed by atoms with van der Waals surface area (Å²) in [4.78, 5) is 0. The molecule has 2 aromatic rings. The molecule has 0 aliphatic carbocycles. The van der Waals surface area contributed by atoms with Gasteiger partial charge in [-0.15, -0.1) is 26.3 Å². The number of rotatable bonds is 4. The Morgan fingerprint density at radius 2 is 1.46 bits per heavy atom. The lowest BCUT2D eigenvalue weighted by molar-refractivity contribution is -0.275. The summed E-state index contributed by atoms with van der Waals surface area (Å²) in [5.74, 6) is -1.11. The van der Waals surface area contributed by atoms with Crippen LogP contribution in [0.15, 0.2) is 49.0 Å². The van der Waals surface area contributed by atoms with Gasteiger partial charge in [0.25, 0.3) is 0 Å². The molecular weight excluding hydrogens is 338 g/mol. The van der Waals surface area contributed by atoms with Crippen LogP contribution >= 0.6 is 0 Å². The minimum Gasteiger partial charge on any atom is -0.406 e. The van der Waals surface area contributed by atoms with E-state index in [0.29, 0.717) is 0 Å². The molecule has 0 aliphatic rings. The molecule has 0 N–H and O–H groups in total. The fourth-order valence-electron chi connectivity index (χ4n) is 2.01. The number of alkyl halides is 6. The van der Waals surface area contributed by atoms with Gasteiger partial charge in [-0.1, -0.05) is 30.9 Å². The Morgan fingerprint density at radius 3 is 2.04 bits per heavy atom. The van der Waals surface area contributed by atoms with Crippen molar-refractivity contribution in [2.24, 2.45) is 0 Å². The molecule has 0 bridgehead atoms. The van der Waals surface area contributed by atoms with Gasteiger partial charge in [0.15, 0.2) is 0 Å². The summed E-state index contributed by atoms with van der Waals surface area (Å²) < 4.78 is 82.3. The lowest BCUT2D eigenvalue weighted by Gasteiger charge is -2.15. The van der Waals surface area contributed by atoms with E-state index in [-0.39, 0.29) is 16.7 Å². The monoisotopic (exact) mass is 348 g/mol. The van der Waals surface area contributed by atoms with Gasteiger partial charge in [0, 0.05) is 5.56 Å². The number of benzene rings is 2. The second-order valence-corrected chi connectivity index (χ2v) is 4.59. The minimum absolute atomic E-state index is 0.0365. The highest BCUT2D eigenvalue weighted by molar-refractivity contribution is 5.74. The molecule has 2 rings (SSSR count). The molecule has 0 aromatic heterocycles. The largest absolute Gasteiger partial charge is 0.573 e. The highest BCUT2D eigenvalue weighted by Gasteiger charge is 2.33. The number of hydrogen-bond donors (Lipinski definition) is 0. The van der Waals surface area contributed by atoms with E-state index in [9.17, 15) is 26.3 Å².